The minimum atomic E-state index is 0.209. The molecule has 0 bridgehead atoms. The topological polar surface area (TPSA) is 51.0 Å². The predicted octanol–water partition coefficient (Wildman–Crippen LogP) is 4.81. The SMILES string of the molecule is CCCCCCCCCc1nnc(C(CC)NCCC)o1. The second kappa shape index (κ2) is 11.7. The molecule has 1 rings (SSSR count). The van der Waals surface area contributed by atoms with Gasteiger partial charge in [-0.2, -0.15) is 0 Å². The minimum absolute atomic E-state index is 0.209. The monoisotopic (exact) mass is 295 g/mol. The second-order valence-electron chi connectivity index (χ2n) is 5.82. The lowest BCUT2D eigenvalue weighted by Crippen LogP contribution is -2.21. The highest BCUT2D eigenvalue weighted by molar-refractivity contribution is 4.89. The molecule has 0 spiro atoms. The summed E-state index contributed by atoms with van der Waals surface area (Å²) >= 11 is 0. The third kappa shape index (κ3) is 7.60. The fourth-order valence-electron chi connectivity index (χ4n) is 2.47. The van der Waals surface area contributed by atoms with E-state index >= 15 is 0 Å². The first-order valence-electron chi connectivity index (χ1n) is 8.87. The van der Waals surface area contributed by atoms with Crippen molar-refractivity contribution in [3.05, 3.63) is 11.8 Å². The summed E-state index contributed by atoms with van der Waals surface area (Å²) in [5.74, 6) is 1.55. The second-order valence-corrected chi connectivity index (χ2v) is 5.82. The summed E-state index contributed by atoms with van der Waals surface area (Å²) in [6, 6.07) is 0.209. The van der Waals surface area contributed by atoms with Crippen molar-refractivity contribution < 1.29 is 4.42 Å². The maximum absolute atomic E-state index is 5.79. The van der Waals surface area contributed by atoms with Crippen molar-refractivity contribution in [3.63, 3.8) is 0 Å². The predicted molar refractivity (Wildman–Crippen MR) is 87.3 cm³/mol. The van der Waals surface area contributed by atoms with E-state index in [1.807, 2.05) is 0 Å². The molecule has 1 aromatic heterocycles. The van der Waals surface area contributed by atoms with Gasteiger partial charge in [0.25, 0.3) is 0 Å². The largest absolute Gasteiger partial charge is 0.424 e. The zero-order valence-corrected chi connectivity index (χ0v) is 14.2. The lowest BCUT2D eigenvalue weighted by atomic mass is 10.1. The molecule has 0 amide bonds. The van der Waals surface area contributed by atoms with Gasteiger partial charge in [-0.05, 0) is 25.8 Å². The highest BCUT2D eigenvalue weighted by atomic mass is 16.4. The molecule has 1 unspecified atom stereocenters. The average molecular weight is 295 g/mol. The van der Waals surface area contributed by atoms with Gasteiger partial charge in [0.15, 0.2) is 0 Å². The van der Waals surface area contributed by atoms with E-state index in [0.29, 0.717) is 0 Å². The summed E-state index contributed by atoms with van der Waals surface area (Å²) in [5, 5.41) is 11.8. The van der Waals surface area contributed by atoms with Crippen LogP contribution >= 0.6 is 0 Å². The molecule has 0 aromatic carbocycles. The highest BCUT2D eigenvalue weighted by Crippen LogP contribution is 2.16. The number of nitrogens with zero attached hydrogens (tertiary/aromatic N) is 2. The van der Waals surface area contributed by atoms with Gasteiger partial charge in [0, 0.05) is 6.42 Å². The Morgan fingerprint density at radius 3 is 2.29 bits per heavy atom. The van der Waals surface area contributed by atoms with Gasteiger partial charge in [-0.15, -0.1) is 10.2 Å². The molecule has 0 saturated carbocycles. The van der Waals surface area contributed by atoms with Gasteiger partial charge in [0.05, 0.1) is 6.04 Å². The molecule has 0 aliphatic carbocycles. The first-order valence-corrected chi connectivity index (χ1v) is 8.87. The van der Waals surface area contributed by atoms with Crippen molar-refractivity contribution in [1.82, 2.24) is 15.5 Å². The Bertz CT molecular complexity index is 352. The van der Waals surface area contributed by atoms with Crippen LogP contribution < -0.4 is 5.32 Å². The van der Waals surface area contributed by atoms with Gasteiger partial charge < -0.3 is 9.73 Å². The zero-order chi connectivity index (χ0) is 15.3. The maximum atomic E-state index is 5.79. The third-order valence-electron chi connectivity index (χ3n) is 3.82. The molecule has 4 nitrogen and oxygen atoms in total. The summed E-state index contributed by atoms with van der Waals surface area (Å²) in [4.78, 5) is 0. The van der Waals surface area contributed by atoms with Crippen LogP contribution in [-0.2, 0) is 6.42 Å². The minimum Gasteiger partial charge on any atom is -0.424 e. The van der Waals surface area contributed by atoms with Crippen LogP contribution in [0.2, 0.25) is 0 Å². The number of hydrogen-bond acceptors (Lipinski definition) is 4. The molecule has 1 atom stereocenters. The Hall–Kier alpha value is -0.900. The Morgan fingerprint density at radius 1 is 0.905 bits per heavy atom. The summed E-state index contributed by atoms with van der Waals surface area (Å²) in [6.07, 6.45) is 12.2. The normalized spacial score (nSPS) is 12.7. The van der Waals surface area contributed by atoms with Crippen molar-refractivity contribution >= 4 is 0 Å². The molecule has 1 heterocycles. The van der Waals surface area contributed by atoms with E-state index in [0.717, 1.165) is 44.0 Å². The molecule has 0 fully saturated rings. The van der Waals surface area contributed by atoms with E-state index < -0.39 is 0 Å². The number of nitrogens with one attached hydrogen (secondary N) is 1. The zero-order valence-electron chi connectivity index (χ0n) is 14.2. The van der Waals surface area contributed by atoms with Gasteiger partial charge in [0.2, 0.25) is 11.8 Å². The summed E-state index contributed by atoms with van der Waals surface area (Å²) in [5.41, 5.74) is 0. The van der Waals surface area contributed by atoms with E-state index in [-0.39, 0.29) is 6.04 Å². The first-order chi connectivity index (χ1) is 10.3. The number of hydrogen-bond donors (Lipinski definition) is 1. The molecule has 21 heavy (non-hydrogen) atoms. The van der Waals surface area contributed by atoms with Crippen LogP contribution in [-0.4, -0.2) is 16.7 Å². The average Bonchev–Trinajstić information content (AvgIpc) is 2.96. The van der Waals surface area contributed by atoms with E-state index in [1.54, 1.807) is 0 Å². The van der Waals surface area contributed by atoms with Crippen LogP contribution in [0.1, 0.15) is 96.4 Å². The van der Waals surface area contributed by atoms with E-state index in [2.05, 4.69) is 36.3 Å². The summed E-state index contributed by atoms with van der Waals surface area (Å²) in [6.45, 7) is 7.56. The Balaban J connectivity index is 2.21. The lowest BCUT2D eigenvalue weighted by molar-refractivity contribution is 0.369. The molecular formula is C17H33N3O. The molecule has 0 aliphatic rings. The van der Waals surface area contributed by atoms with Crippen LogP contribution in [0.15, 0.2) is 4.42 Å². The standard InChI is InChI=1S/C17H33N3O/c1-4-7-8-9-10-11-12-13-16-19-20-17(21-16)15(6-3)18-14-5-2/h15,18H,4-14H2,1-3H3. The molecule has 0 aliphatic heterocycles. The molecule has 0 radical (unpaired) electrons. The first kappa shape index (κ1) is 18.1. The van der Waals surface area contributed by atoms with Crippen molar-refractivity contribution in [2.24, 2.45) is 0 Å². The van der Waals surface area contributed by atoms with Crippen molar-refractivity contribution in [2.45, 2.75) is 91.0 Å². The van der Waals surface area contributed by atoms with Crippen LogP contribution in [0.4, 0.5) is 0 Å². The van der Waals surface area contributed by atoms with Gasteiger partial charge in [-0.25, -0.2) is 0 Å². The summed E-state index contributed by atoms with van der Waals surface area (Å²) < 4.78 is 5.79. The molecular weight excluding hydrogens is 262 g/mol. The third-order valence-corrected chi connectivity index (χ3v) is 3.82. The fourth-order valence-corrected chi connectivity index (χ4v) is 2.47. The Labute approximate surface area is 130 Å². The van der Waals surface area contributed by atoms with Crippen LogP contribution in [0.25, 0.3) is 0 Å². The highest BCUT2D eigenvalue weighted by Gasteiger charge is 2.15. The number of rotatable bonds is 13. The molecule has 4 heteroatoms. The van der Waals surface area contributed by atoms with Crippen molar-refractivity contribution in [1.29, 1.82) is 0 Å². The number of unbranched alkanes of at least 4 members (excludes halogenated alkanes) is 6. The molecule has 122 valence electrons. The molecule has 1 N–H and O–H groups in total. The maximum Gasteiger partial charge on any atom is 0.233 e. The molecule has 0 saturated heterocycles. The van der Waals surface area contributed by atoms with Crippen LogP contribution in [0.3, 0.4) is 0 Å². The van der Waals surface area contributed by atoms with Crippen LogP contribution in [0.5, 0.6) is 0 Å². The van der Waals surface area contributed by atoms with Gasteiger partial charge >= 0.3 is 0 Å². The Morgan fingerprint density at radius 2 is 1.62 bits per heavy atom. The lowest BCUT2D eigenvalue weighted by Gasteiger charge is -2.11. The smallest absolute Gasteiger partial charge is 0.233 e. The van der Waals surface area contributed by atoms with Crippen molar-refractivity contribution in [2.75, 3.05) is 6.54 Å². The van der Waals surface area contributed by atoms with Gasteiger partial charge in [-0.3, -0.25) is 0 Å². The Kier molecular flexibility index (Phi) is 10.1. The number of aromatic nitrogens is 2. The fraction of sp³-hybridized carbons (Fsp3) is 0.882. The van der Waals surface area contributed by atoms with Crippen molar-refractivity contribution in [3.8, 4) is 0 Å². The van der Waals surface area contributed by atoms with Gasteiger partial charge in [-0.1, -0.05) is 59.3 Å². The van der Waals surface area contributed by atoms with E-state index in [1.165, 1.54) is 38.5 Å². The summed E-state index contributed by atoms with van der Waals surface area (Å²) in [7, 11) is 0. The van der Waals surface area contributed by atoms with E-state index in [4.69, 9.17) is 4.42 Å². The van der Waals surface area contributed by atoms with Gasteiger partial charge in [0.1, 0.15) is 0 Å². The van der Waals surface area contributed by atoms with E-state index in [9.17, 15) is 0 Å². The number of aryl methyl sites for hydroxylation is 1. The molecule has 1 aromatic rings. The quantitative estimate of drug-likeness (QED) is 0.530. The van der Waals surface area contributed by atoms with Crippen LogP contribution in [0, 0.1) is 0 Å².